The number of aliphatic imine (C=N–C) groups is 1. The maximum atomic E-state index is 5.59. The third-order valence-corrected chi connectivity index (χ3v) is 3.19. The van der Waals surface area contributed by atoms with Crippen LogP contribution in [0.1, 0.15) is 40.5 Å². The van der Waals surface area contributed by atoms with Gasteiger partial charge in [-0.1, -0.05) is 26.7 Å². The van der Waals surface area contributed by atoms with Gasteiger partial charge in [-0.15, -0.1) is 0 Å². The Hall–Kier alpha value is -0.810. The Kier molecular flexibility index (Phi) is 9.69. The Morgan fingerprint density at radius 2 is 1.94 bits per heavy atom. The van der Waals surface area contributed by atoms with E-state index >= 15 is 0 Å². The molecule has 1 unspecified atom stereocenters. The number of rotatable bonds is 8. The zero-order valence-electron chi connectivity index (χ0n) is 12.6. The van der Waals surface area contributed by atoms with E-state index in [4.69, 9.17) is 10.6 Å². The van der Waals surface area contributed by atoms with Crippen molar-refractivity contribution in [1.82, 2.24) is 10.3 Å². The summed E-state index contributed by atoms with van der Waals surface area (Å²) in [6, 6.07) is 0.108. The summed E-state index contributed by atoms with van der Waals surface area (Å²) in [4.78, 5) is 6.76. The molecule has 0 spiro atoms. The van der Waals surface area contributed by atoms with Gasteiger partial charge in [-0.3, -0.25) is 5.43 Å². The SMILES string of the molecule is CCC(CC)CN(CC)C(=NC(C)COC)NN. The first kappa shape index (κ1) is 17.2. The first-order valence-corrected chi connectivity index (χ1v) is 6.91. The van der Waals surface area contributed by atoms with E-state index in [9.17, 15) is 0 Å². The molecule has 18 heavy (non-hydrogen) atoms. The van der Waals surface area contributed by atoms with Gasteiger partial charge in [0.1, 0.15) is 0 Å². The van der Waals surface area contributed by atoms with E-state index in [1.807, 2.05) is 6.92 Å². The topological polar surface area (TPSA) is 62.9 Å². The number of hydrazine groups is 1. The first-order valence-electron chi connectivity index (χ1n) is 6.91. The highest BCUT2D eigenvalue weighted by atomic mass is 16.5. The second-order valence-electron chi connectivity index (χ2n) is 4.62. The van der Waals surface area contributed by atoms with Crippen molar-refractivity contribution in [3.63, 3.8) is 0 Å². The van der Waals surface area contributed by atoms with Crippen molar-refractivity contribution in [1.29, 1.82) is 0 Å². The normalized spacial score (nSPS) is 13.8. The Bertz CT molecular complexity index is 229. The fraction of sp³-hybridized carbons (Fsp3) is 0.923. The van der Waals surface area contributed by atoms with Gasteiger partial charge < -0.3 is 9.64 Å². The molecule has 0 radical (unpaired) electrons. The third kappa shape index (κ3) is 6.21. The van der Waals surface area contributed by atoms with Crippen LogP contribution < -0.4 is 11.3 Å². The zero-order valence-corrected chi connectivity index (χ0v) is 12.6. The molecule has 5 heteroatoms. The maximum absolute atomic E-state index is 5.59. The molecule has 0 aliphatic rings. The number of nitrogens with one attached hydrogen (secondary N) is 1. The van der Waals surface area contributed by atoms with E-state index in [1.165, 1.54) is 12.8 Å². The van der Waals surface area contributed by atoms with Crippen LogP contribution in [-0.2, 0) is 4.74 Å². The Labute approximate surface area is 112 Å². The molecule has 0 saturated carbocycles. The lowest BCUT2D eigenvalue weighted by atomic mass is 10.0. The highest BCUT2D eigenvalue weighted by molar-refractivity contribution is 5.79. The molecule has 0 bridgehead atoms. The van der Waals surface area contributed by atoms with Crippen LogP contribution in [0.15, 0.2) is 4.99 Å². The van der Waals surface area contributed by atoms with Gasteiger partial charge >= 0.3 is 0 Å². The van der Waals surface area contributed by atoms with Crippen LogP contribution in [0, 0.1) is 5.92 Å². The molecular weight excluding hydrogens is 228 g/mol. The van der Waals surface area contributed by atoms with Crippen LogP contribution in [0.4, 0.5) is 0 Å². The summed E-state index contributed by atoms with van der Waals surface area (Å²) < 4.78 is 5.09. The quantitative estimate of drug-likeness (QED) is 0.300. The lowest BCUT2D eigenvalue weighted by Crippen LogP contribution is -2.47. The molecular formula is C13H30N4O. The smallest absolute Gasteiger partial charge is 0.208 e. The molecule has 108 valence electrons. The molecule has 0 aliphatic carbocycles. The van der Waals surface area contributed by atoms with Gasteiger partial charge in [-0.05, 0) is 19.8 Å². The van der Waals surface area contributed by atoms with E-state index in [1.54, 1.807) is 7.11 Å². The molecule has 0 fully saturated rings. The number of nitrogens with two attached hydrogens (primary N) is 1. The molecule has 0 aliphatic heterocycles. The average molecular weight is 258 g/mol. The summed E-state index contributed by atoms with van der Waals surface area (Å²) in [5.41, 5.74) is 2.72. The van der Waals surface area contributed by atoms with Crippen LogP contribution >= 0.6 is 0 Å². The number of guanidine groups is 1. The summed E-state index contributed by atoms with van der Waals surface area (Å²) in [5.74, 6) is 7.03. The van der Waals surface area contributed by atoms with Crippen LogP contribution in [0.5, 0.6) is 0 Å². The number of hydrogen-bond acceptors (Lipinski definition) is 3. The van der Waals surface area contributed by atoms with Crippen LogP contribution in [0.2, 0.25) is 0 Å². The van der Waals surface area contributed by atoms with Crippen LogP contribution in [-0.4, -0.2) is 43.7 Å². The average Bonchev–Trinajstić information content (AvgIpc) is 2.38. The fourth-order valence-corrected chi connectivity index (χ4v) is 1.92. The second-order valence-corrected chi connectivity index (χ2v) is 4.62. The molecule has 0 saturated heterocycles. The largest absolute Gasteiger partial charge is 0.382 e. The first-order chi connectivity index (χ1) is 8.62. The van der Waals surface area contributed by atoms with E-state index in [2.05, 4.69) is 36.1 Å². The van der Waals surface area contributed by atoms with E-state index in [0.29, 0.717) is 12.5 Å². The van der Waals surface area contributed by atoms with E-state index in [0.717, 1.165) is 19.0 Å². The van der Waals surface area contributed by atoms with Crippen LogP contribution in [0.3, 0.4) is 0 Å². The third-order valence-electron chi connectivity index (χ3n) is 3.19. The van der Waals surface area contributed by atoms with Crippen molar-refractivity contribution in [3.8, 4) is 0 Å². The molecule has 0 aromatic rings. The van der Waals surface area contributed by atoms with Crippen LogP contribution in [0.25, 0.3) is 0 Å². The number of hydrogen-bond donors (Lipinski definition) is 2. The maximum Gasteiger partial charge on any atom is 0.208 e. The Morgan fingerprint density at radius 3 is 2.33 bits per heavy atom. The van der Waals surface area contributed by atoms with Crippen molar-refractivity contribution < 1.29 is 4.74 Å². The molecule has 3 N–H and O–H groups in total. The molecule has 0 aromatic carbocycles. The van der Waals surface area contributed by atoms with Crippen molar-refractivity contribution in [2.75, 3.05) is 26.8 Å². The molecule has 5 nitrogen and oxygen atoms in total. The van der Waals surface area contributed by atoms with E-state index in [-0.39, 0.29) is 6.04 Å². The minimum Gasteiger partial charge on any atom is -0.382 e. The number of ether oxygens (including phenoxy) is 1. The van der Waals surface area contributed by atoms with Gasteiger partial charge in [0.2, 0.25) is 5.96 Å². The summed E-state index contributed by atoms with van der Waals surface area (Å²) in [6.07, 6.45) is 2.36. The van der Waals surface area contributed by atoms with Crippen molar-refractivity contribution in [3.05, 3.63) is 0 Å². The predicted octanol–water partition coefficient (Wildman–Crippen LogP) is 1.60. The van der Waals surface area contributed by atoms with Gasteiger partial charge in [-0.25, -0.2) is 10.8 Å². The number of methoxy groups -OCH3 is 1. The molecule has 0 heterocycles. The summed E-state index contributed by atoms with van der Waals surface area (Å²) in [7, 11) is 1.68. The Morgan fingerprint density at radius 1 is 1.33 bits per heavy atom. The lowest BCUT2D eigenvalue weighted by molar-refractivity contribution is 0.185. The lowest BCUT2D eigenvalue weighted by Gasteiger charge is -2.28. The van der Waals surface area contributed by atoms with Gasteiger partial charge in [-0.2, -0.15) is 0 Å². The Balaban J connectivity index is 4.65. The minimum atomic E-state index is 0.108. The highest BCUT2D eigenvalue weighted by Crippen LogP contribution is 2.10. The number of nitrogens with zero attached hydrogens (tertiary/aromatic N) is 2. The predicted molar refractivity (Wildman–Crippen MR) is 77.4 cm³/mol. The monoisotopic (exact) mass is 258 g/mol. The summed E-state index contributed by atoms with van der Waals surface area (Å²) in [5, 5.41) is 0. The minimum absolute atomic E-state index is 0.108. The molecule has 1 atom stereocenters. The molecule has 0 rings (SSSR count). The molecule has 0 amide bonds. The van der Waals surface area contributed by atoms with Gasteiger partial charge in [0, 0.05) is 20.2 Å². The fourth-order valence-electron chi connectivity index (χ4n) is 1.92. The van der Waals surface area contributed by atoms with Crippen molar-refractivity contribution >= 4 is 5.96 Å². The standard InChI is InChI=1S/C13H30N4O/c1-6-12(7-2)9-17(8-3)13(16-14)15-11(4)10-18-5/h11-12H,6-10,14H2,1-5H3,(H,15,16). The molecule has 0 aromatic heterocycles. The van der Waals surface area contributed by atoms with Crippen molar-refractivity contribution in [2.24, 2.45) is 16.8 Å². The van der Waals surface area contributed by atoms with Gasteiger partial charge in [0.25, 0.3) is 0 Å². The van der Waals surface area contributed by atoms with E-state index < -0.39 is 0 Å². The summed E-state index contributed by atoms with van der Waals surface area (Å²) >= 11 is 0. The summed E-state index contributed by atoms with van der Waals surface area (Å²) in [6.45, 7) is 11.1. The highest BCUT2D eigenvalue weighted by Gasteiger charge is 2.14. The second kappa shape index (κ2) is 10.1. The van der Waals surface area contributed by atoms with Gasteiger partial charge in [0.15, 0.2) is 0 Å². The van der Waals surface area contributed by atoms with Gasteiger partial charge in [0.05, 0.1) is 12.6 Å². The zero-order chi connectivity index (χ0) is 14.0. The van der Waals surface area contributed by atoms with Crippen molar-refractivity contribution in [2.45, 2.75) is 46.6 Å².